The van der Waals surface area contributed by atoms with E-state index in [0.717, 1.165) is 37.7 Å². The molecule has 0 saturated heterocycles. The summed E-state index contributed by atoms with van der Waals surface area (Å²) in [5.41, 5.74) is 2.58. The fourth-order valence-electron chi connectivity index (χ4n) is 4.92. The van der Waals surface area contributed by atoms with Crippen molar-refractivity contribution in [1.82, 2.24) is 14.7 Å². The first kappa shape index (κ1) is 21.1. The number of hydrogen-bond donors (Lipinski definition) is 1. The zero-order valence-corrected chi connectivity index (χ0v) is 18.9. The van der Waals surface area contributed by atoms with E-state index >= 15 is 0 Å². The quantitative estimate of drug-likeness (QED) is 0.497. The molecule has 3 aromatic rings. The SMILES string of the molecule is Cc1cc[n+](C2=C(c3c(C)[nH]n(-c4ccccc4)c3=O)C(=O)N(C3CCCCC3)C2=O)cc1. The molecule has 7 heteroatoms. The van der Waals surface area contributed by atoms with Crippen molar-refractivity contribution in [3.05, 3.63) is 82.0 Å². The summed E-state index contributed by atoms with van der Waals surface area (Å²) in [5, 5.41) is 3.10. The minimum absolute atomic E-state index is 0.132. The Bertz CT molecular complexity index is 1310. The van der Waals surface area contributed by atoms with Crippen molar-refractivity contribution in [2.24, 2.45) is 0 Å². The molecule has 2 aromatic heterocycles. The molecule has 168 valence electrons. The van der Waals surface area contributed by atoms with Crippen LogP contribution in [0, 0.1) is 13.8 Å². The lowest BCUT2D eigenvalue weighted by atomic mass is 9.94. The van der Waals surface area contributed by atoms with Gasteiger partial charge in [0.15, 0.2) is 12.4 Å². The molecule has 3 heterocycles. The highest BCUT2D eigenvalue weighted by atomic mass is 16.2. The normalized spacial score (nSPS) is 17.3. The Morgan fingerprint density at radius 2 is 1.55 bits per heavy atom. The molecule has 1 aliphatic carbocycles. The predicted octanol–water partition coefficient (Wildman–Crippen LogP) is 3.14. The van der Waals surface area contributed by atoms with Crippen molar-refractivity contribution in [2.75, 3.05) is 0 Å². The third kappa shape index (κ3) is 3.53. The average molecular weight is 444 g/mol. The largest absolute Gasteiger partial charge is 0.327 e. The van der Waals surface area contributed by atoms with Gasteiger partial charge in [-0.3, -0.25) is 24.4 Å². The molecular weight excluding hydrogens is 416 g/mol. The lowest BCUT2D eigenvalue weighted by molar-refractivity contribution is -0.577. The van der Waals surface area contributed by atoms with Gasteiger partial charge in [-0.05, 0) is 44.4 Å². The minimum Gasteiger partial charge on any atom is -0.295 e. The van der Waals surface area contributed by atoms with Gasteiger partial charge < -0.3 is 0 Å². The van der Waals surface area contributed by atoms with Gasteiger partial charge in [0.05, 0.1) is 11.3 Å². The van der Waals surface area contributed by atoms with Gasteiger partial charge >= 0.3 is 5.91 Å². The summed E-state index contributed by atoms with van der Waals surface area (Å²) in [6.45, 7) is 3.73. The summed E-state index contributed by atoms with van der Waals surface area (Å²) in [4.78, 5) is 42.4. The van der Waals surface area contributed by atoms with Crippen molar-refractivity contribution in [3.63, 3.8) is 0 Å². The number of pyridine rings is 1. The first-order valence-electron chi connectivity index (χ1n) is 11.4. The first-order valence-corrected chi connectivity index (χ1v) is 11.4. The van der Waals surface area contributed by atoms with Crippen LogP contribution in [0.4, 0.5) is 0 Å². The topological polar surface area (TPSA) is 79.1 Å². The van der Waals surface area contributed by atoms with Gasteiger partial charge in [-0.25, -0.2) is 4.68 Å². The number of hydrogen-bond acceptors (Lipinski definition) is 3. The molecule has 33 heavy (non-hydrogen) atoms. The zero-order chi connectivity index (χ0) is 23.1. The van der Waals surface area contributed by atoms with E-state index in [1.807, 2.05) is 49.4 Å². The maximum Gasteiger partial charge on any atom is 0.327 e. The van der Waals surface area contributed by atoms with Crippen LogP contribution in [-0.4, -0.2) is 32.5 Å². The summed E-state index contributed by atoms with van der Waals surface area (Å²) in [6, 6.07) is 12.9. The van der Waals surface area contributed by atoms with Crippen LogP contribution in [-0.2, 0) is 9.59 Å². The molecule has 0 radical (unpaired) electrons. The van der Waals surface area contributed by atoms with Crippen molar-refractivity contribution < 1.29 is 14.2 Å². The zero-order valence-electron chi connectivity index (χ0n) is 18.9. The monoisotopic (exact) mass is 443 g/mol. The highest BCUT2D eigenvalue weighted by Gasteiger charge is 2.49. The average Bonchev–Trinajstić information content (AvgIpc) is 3.26. The van der Waals surface area contributed by atoms with Gasteiger partial charge in [-0.15, -0.1) is 0 Å². The molecule has 0 spiro atoms. The molecule has 1 aromatic carbocycles. The Kier molecular flexibility index (Phi) is 5.32. The van der Waals surface area contributed by atoms with Gasteiger partial charge in [0, 0.05) is 23.9 Å². The second-order valence-electron chi connectivity index (χ2n) is 8.87. The number of carbonyl (C=O) groups is 2. The Labute approximate surface area is 192 Å². The van der Waals surface area contributed by atoms with E-state index in [2.05, 4.69) is 5.10 Å². The number of aromatic amines is 1. The maximum absolute atomic E-state index is 13.8. The number of amides is 2. The van der Waals surface area contributed by atoms with Crippen LogP contribution < -0.4 is 10.1 Å². The van der Waals surface area contributed by atoms with E-state index in [9.17, 15) is 14.4 Å². The van der Waals surface area contributed by atoms with Crippen LogP contribution in [0.15, 0.2) is 59.7 Å². The molecule has 2 aliphatic rings. The highest BCUT2D eigenvalue weighted by Crippen LogP contribution is 2.34. The van der Waals surface area contributed by atoms with Crippen LogP contribution in [0.5, 0.6) is 0 Å². The fourth-order valence-corrected chi connectivity index (χ4v) is 4.92. The molecule has 0 bridgehead atoms. The molecule has 7 nitrogen and oxygen atoms in total. The summed E-state index contributed by atoms with van der Waals surface area (Å²) in [6.07, 6.45) is 8.26. The number of carbonyl (C=O) groups excluding carboxylic acids is 2. The number of aromatic nitrogens is 3. The second kappa shape index (κ2) is 8.31. The van der Waals surface area contributed by atoms with E-state index in [4.69, 9.17) is 0 Å². The van der Waals surface area contributed by atoms with Crippen molar-refractivity contribution in [2.45, 2.75) is 52.0 Å². The van der Waals surface area contributed by atoms with E-state index in [1.54, 1.807) is 23.9 Å². The maximum atomic E-state index is 13.8. The number of rotatable bonds is 4. The second-order valence-corrected chi connectivity index (χ2v) is 8.87. The van der Waals surface area contributed by atoms with Crippen LogP contribution in [0.1, 0.15) is 48.9 Å². The molecule has 2 amide bonds. The van der Waals surface area contributed by atoms with E-state index in [1.165, 1.54) is 9.58 Å². The molecule has 1 aliphatic heterocycles. The number of H-pyrrole nitrogens is 1. The molecule has 0 atom stereocenters. The number of para-hydroxylation sites is 1. The molecule has 0 unspecified atom stereocenters. The lowest BCUT2D eigenvalue weighted by Gasteiger charge is -2.29. The fraction of sp³-hybridized carbons (Fsp3) is 0.308. The molecule has 1 saturated carbocycles. The van der Waals surface area contributed by atoms with Gasteiger partial charge in [-0.2, -0.15) is 4.57 Å². The summed E-state index contributed by atoms with van der Waals surface area (Å²) in [5.74, 6) is -0.712. The van der Waals surface area contributed by atoms with Gasteiger partial charge in [0.2, 0.25) is 0 Å². The van der Waals surface area contributed by atoms with Crippen LogP contribution in [0.25, 0.3) is 17.0 Å². The van der Waals surface area contributed by atoms with Gasteiger partial charge in [0.25, 0.3) is 17.2 Å². The third-order valence-electron chi connectivity index (χ3n) is 6.62. The number of aryl methyl sites for hydroxylation is 2. The predicted molar refractivity (Wildman–Crippen MR) is 124 cm³/mol. The number of nitrogens with one attached hydrogen (secondary N) is 1. The number of benzene rings is 1. The molecule has 1 fully saturated rings. The molecule has 1 N–H and O–H groups in total. The Hall–Kier alpha value is -3.74. The summed E-state index contributed by atoms with van der Waals surface area (Å²) >= 11 is 0. The smallest absolute Gasteiger partial charge is 0.295 e. The summed E-state index contributed by atoms with van der Waals surface area (Å²) in [7, 11) is 0. The van der Waals surface area contributed by atoms with Crippen molar-refractivity contribution >= 4 is 23.1 Å². The standard InChI is InChI=1S/C26H26N4O3/c1-17-13-15-28(16-14-17)23-22(24(31)29(26(23)33)19-9-5-3-6-10-19)21-18(2)27-30(25(21)32)20-11-7-4-8-12-20/h4,7-8,11-16,19H,3,5-6,9-10H2,1-2H3/p+1. The number of imide groups is 1. The molecule has 5 rings (SSSR count). The van der Waals surface area contributed by atoms with Crippen LogP contribution in [0.3, 0.4) is 0 Å². The van der Waals surface area contributed by atoms with Crippen molar-refractivity contribution in [1.29, 1.82) is 0 Å². The van der Waals surface area contributed by atoms with Gasteiger partial charge in [0.1, 0.15) is 5.57 Å². The molecular formula is C26H27N4O3+. The van der Waals surface area contributed by atoms with Crippen molar-refractivity contribution in [3.8, 4) is 5.69 Å². The van der Waals surface area contributed by atoms with E-state index in [0.29, 0.717) is 11.4 Å². The third-order valence-corrected chi connectivity index (χ3v) is 6.62. The lowest BCUT2D eigenvalue weighted by Crippen LogP contribution is -2.45. The van der Waals surface area contributed by atoms with Crippen LogP contribution >= 0.6 is 0 Å². The minimum atomic E-state index is -0.380. The van der Waals surface area contributed by atoms with Crippen LogP contribution in [0.2, 0.25) is 0 Å². The van der Waals surface area contributed by atoms with E-state index < -0.39 is 0 Å². The Morgan fingerprint density at radius 3 is 2.21 bits per heavy atom. The first-order chi connectivity index (χ1) is 16.0. The van der Waals surface area contributed by atoms with Gasteiger partial charge in [-0.1, -0.05) is 37.5 Å². The summed E-state index contributed by atoms with van der Waals surface area (Å²) < 4.78 is 3.10. The van der Waals surface area contributed by atoms with E-state index in [-0.39, 0.29) is 40.2 Å². The Morgan fingerprint density at radius 1 is 0.879 bits per heavy atom. The number of nitrogens with zero attached hydrogens (tertiary/aromatic N) is 3. The Balaban J connectivity index is 1.71. The highest BCUT2D eigenvalue weighted by molar-refractivity contribution is 6.44.